The summed E-state index contributed by atoms with van der Waals surface area (Å²) in [6.07, 6.45) is 2.61. The average molecular weight is 445 g/mol. The molecule has 0 radical (unpaired) electrons. The van der Waals surface area contributed by atoms with Crippen molar-refractivity contribution >= 4 is 11.7 Å². The third-order valence-corrected chi connectivity index (χ3v) is 6.72. The number of hydrogen-bond donors (Lipinski definition) is 0. The van der Waals surface area contributed by atoms with Gasteiger partial charge in [-0.15, -0.1) is 0 Å². The summed E-state index contributed by atoms with van der Waals surface area (Å²) >= 11 is 0. The van der Waals surface area contributed by atoms with Gasteiger partial charge in [-0.2, -0.15) is 0 Å². The third-order valence-electron chi connectivity index (χ3n) is 6.72. The maximum atomic E-state index is 6.16. The van der Waals surface area contributed by atoms with Crippen LogP contribution in [0.3, 0.4) is 0 Å². The van der Waals surface area contributed by atoms with E-state index in [4.69, 9.17) is 9.68 Å². The molecular weight excluding hydrogens is 412 g/mol. The lowest BCUT2D eigenvalue weighted by Crippen LogP contribution is -2.58. The summed E-state index contributed by atoms with van der Waals surface area (Å²) in [5, 5.41) is 13.6. The maximum absolute atomic E-state index is 6.16. The zero-order chi connectivity index (χ0) is 23.7. The molecule has 0 spiro atoms. The summed E-state index contributed by atoms with van der Waals surface area (Å²) < 4.78 is 0. The molecular formula is C27H32N4O2. The Morgan fingerprint density at radius 3 is 1.85 bits per heavy atom. The highest BCUT2D eigenvalue weighted by atomic mass is 16.7. The zero-order valence-corrected chi connectivity index (χ0v) is 20.8. The summed E-state index contributed by atoms with van der Waals surface area (Å²) in [5.74, 6) is 1.58. The Labute approximate surface area is 196 Å². The molecule has 0 aliphatic carbocycles. The molecule has 2 unspecified atom stereocenters. The zero-order valence-electron chi connectivity index (χ0n) is 20.8. The van der Waals surface area contributed by atoms with Crippen molar-refractivity contribution < 1.29 is 9.68 Å². The van der Waals surface area contributed by atoms with E-state index in [9.17, 15) is 0 Å². The van der Waals surface area contributed by atoms with Crippen molar-refractivity contribution in [3.63, 3.8) is 0 Å². The highest BCUT2D eigenvalue weighted by Crippen LogP contribution is 2.41. The minimum Gasteiger partial charge on any atom is -0.366 e. The number of oxime groups is 2. The van der Waals surface area contributed by atoms with Gasteiger partial charge >= 0.3 is 0 Å². The van der Waals surface area contributed by atoms with Crippen LogP contribution >= 0.6 is 0 Å². The van der Waals surface area contributed by atoms with E-state index in [1.54, 1.807) is 0 Å². The lowest BCUT2D eigenvalue weighted by atomic mass is 9.97. The van der Waals surface area contributed by atoms with E-state index >= 15 is 0 Å². The first-order valence-electron chi connectivity index (χ1n) is 11.5. The summed E-state index contributed by atoms with van der Waals surface area (Å²) in [6.45, 7) is 16.9. The molecule has 0 aromatic heterocycles. The molecule has 0 saturated carbocycles. The van der Waals surface area contributed by atoms with Gasteiger partial charge in [0, 0.05) is 24.5 Å². The third kappa shape index (κ3) is 3.31. The number of fused-ring (bicyclic) bond motifs is 3. The predicted molar refractivity (Wildman–Crippen MR) is 131 cm³/mol. The summed E-state index contributed by atoms with van der Waals surface area (Å²) in [5.41, 5.74) is 9.73. The van der Waals surface area contributed by atoms with Crippen LogP contribution in [0.1, 0.15) is 64.8 Å². The molecule has 2 atom stereocenters. The fraction of sp³-hybridized carbons (Fsp3) is 0.407. The molecule has 0 fully saturated rings. The number of rotatable bonds is 2. The maximum Gasteiger partial charge on any atom is 0.245 e. The van der Waals surface area contributed by atoms with E-state index < -0.39 is 5.72 Å². The van der Waals surface area contributed by atoms with Gasteiger partial charge in [-0.3, -0.25) is 0 Å². The second-order valence-corrected chi connectivity index (χ2v) is 9.93. The van der Waals surface area contributed by atoms with Crippen LogP contribution in [0, 0.1) is 41.5 Å². The van der Waals surface area contributed by atoms with Crippen LogP contribution in [0.2, 0.25) is 0 Å². The van der Waals surface area contributed by atoms with E-state index in [0.717, 1.165) is 29.2 Å². The highest BCUT2D eigenvalue weighted by Gasteiger charge is 2.53. The van der Waals surface area contributed by atoms with Gasteiger partial charge in [-0.1, -0.05) is 51.3 Å². The van der Waals surface area contributed by atoms with Gasteiger partial charge in [-0.25, -0.2) is 10.0 Å². The quantitative estimate of drug-likeness (QED) is 0.571. The van der Waals surface area contributed by atoms with E-state index in [1.807, 2.05) is 0 Å². The molecule has 0 amide bonds. The Morgan fingerprint density at radius 1 is 0.788 bits per heavy atom. The van der Waals surface area contributed by atoms with Gasteiger partial charge in [0.2, 0.25) is 12.0 Å². The number of hydrogen-bond acceptors (Lipinski definition) is 6. The molecule has 5 rings (SSSR count). The van der Waals surface area contributed by atoms with Crippen LogP contribution in [-0.2, 0) is 9.68 Å². The highest BCUT2D eigenvalue weighted by molar-refractivity contribution is 6.07. The summed E-state index contributed by atoms with van der Waals surface area (Å²) in [4.78, 5) is 12.2. The molecule has 3 aliphatic heterocycles. The van der Waals surface area contributed by atoms with Gasteiger partial charge in [-0.05, 0) is 76.8 Å². The van der Waals surface area contributed by atoms with Crippen molar-refractivity contribution in [2.24, 2.45) is 10.3 Å². The Morgan fingerprint density at radius 2 is 1.30 bits per heavy atom. The molecule has 33 heavy (non-hydrogen) atoms. The van der Waals surface area contributed by atoms with Gasteiger partial charge < -0.3 is 9.68 Å². The van der Waals surface area contributed by atoms with Crippen molar-refractivity contribution in [1.29, 1.82) is 0 Å². The van der Waals surface area contributed by atoms with E-state index in [2.05, 4.69) is 106 Å². The number of benzene rings is 2. The molecule has 0 N–H and O–H groups in total. The summed E-state index contributed by atoms with van der Waals surface area (Å²) in [6, 6.07) is 8.78. The molecule has 6 nitrogen and oxygen atoms in total. The SMILES string of the molecule is CC1=CC2(C)ON=C(c3c(C)cc(C)cc3C)N2N2C(c3c(C)cc(C)cc3C)=NOC2C1. The molecule has 3 heterocycles. The minimum atomic E-state index is -0.779. The molecule has 172 valence electrons. The average Bonchev–Trinajstić information content (AvgIpc) is 3.18. The largest absolute Gasteiger partial charge is 0.366 e. The van der Waals surface area contributed by atoms with Crippen LogP contribution in [0.5, 0.6) is 0 Å². The number of amidine groups is 2. The van der Waals surface area contributed by atoms with Gasteiger partial charge in [0.05, 0.1) is 0 Å². The molecule has 2 aromatic carbocycles. The van der Waals surface area contributed by atoms with Crippen molar-refractivity contribution in [3.8, 4) is 0 Å². The van der Waals surface area contributed by atoms with Crippen molar-refractivity contribution in [1.82, 2.24) is 10.0 Å². The smallest absolute Gasteiger partial charge is 0.245 e. The van der Waals surface area contributed by atoms with Gasteiger partial charge in [0.1, 0.15) is 0 Å². The number of nitrogens with zero attached hydrogens (tertiary/aromatic N) is 4. The standard InChI is InChI=1S/C27H32N4O2/c1-15-9-18(4)23(19(5)10-15)25-28-32-22-13-17(3)14-27(8)31(30(22)25)26(29-33-27)24-20(6)11-16(2)12-21(24)7/h9-12,14,22H,13H2,1-8H3. The summed E-state index contributed by atoms with van der Waals surface area (Å²) in [7, 11) is 0. The van der Waals surface area contributed by atoms with Gasteiger partial charge in [0.15, 0.2) is 11.7 Å². The predicted octanol–water partition coefficient (Wildman–Crippen LogP) is 5.53. The first-order valence-corrected chi connectivity index (χ1v) is 11.5. The van der Waals surface area contributed by atoms with Crippen molar-refractivity contribution in [2.75, 3.05) is 0 Å². The Bertz CT molecular complexity index is 1210. The second-order valence-electron chi connectivity index (χ2n) is 9.93. The Hall–Kier alpha value is -3.28. The lowest BCUT2D eigenvalue weighted by Gasteiger charge is -2.40. The number of hydrazine groups is 1. The van der Waals surface area contributed by atoms with E-state index in [0.29, 0.717) is 0 Å². The van der Waals surface area contributed by atoms with Crippen LogP contribution in [0.25, 0.3) is 0 Å². The van der Waals surface area contributed by atoms with E-state index in [1.165, 1.54) is 39.0 Å². The fourth-order valence-electron chi connectivity index (χ4n) is 5.68. The molecule has 0 bridgehead atoms. The number of aryl methyl sites for hydroxylation is 6. The Kier molecular flexibility index (Phi) is 4.82. The van der Waals surface area contributed by atoms with Crippen molar-refractivity contribution in [2.45, 2.75) is 73.8 Å². The molecule has 6 heteroatoms. The monoisotopic (exact) mass is 444 g/mol. The molecule has 3 aliphatic rings. The van der Waals surface area contributed by atoms with Gasteiger partial charge in [0.25, 0.3) is 0 Å². The fourth-order valence-corrected chi connectivity index (χ4v) is 5.68. The van der Waals surface area contributed by atoms with Crippen LogP contribution in [0.15, 0.2) is 46.2 Å². The normalized spacial score (nSPS) is 23.8. The first kappa shape index (κ1) is 21.6. The minimum absolute atomic E-state index is 0.267. The topological polar surface area (TPSA) is 49.7 Å². The Balaban J connectivity index is 1.70. The van der Waals surface area contributed by atoms with Crippen LogP contribution < -0.4 is 0 Å². The van der Waals surface area contributed by atoms with E-state index in [-0.39, 0.29) is 6.23 Å². The second kappa shape index (κ2) is 7.37. The lowest BCUT2D eigenvalue weighted by molar-refractivity contribution is -0.144. The van der Waals surface area contributed by atoms with Crippen LogP contribution in [0.4, 0.5) is 0 Å². The first-order chi connectivity index (χ1) is 15.6. The van der Waals surface area contributed by atoms with Crippen molar-refractivity contribution in [3.05, 3.63) is 80.4 Å². The van der Waals surface area contributed by atoms with Crippen LogP contribution in [-0.4, -0.2) is 33.6 Å². The molecule has 0 saturated heterocycles. The molecule has 2 aromatic rings.